The summed E-state index contributed by atoms with van der Waals surface area (Å²) in [7, 11) is 0. The minimum atomic E-state index is 1.01. The number of para-hydroxylation sites is 2. The third kappa shape index (κ3) is 1.16. The largest absolute Gasteiger partial charge is 0.404 e. The Labute approximate surface area is 99.0 Å². The van der Waals surface area contributed by atoms with Crippen LogP contribution in [0.2, 0.25) is 0 Å². The van der Waals surface area contributed by atoms with Gasteiger partial charge in [-0.3, -0.25) is 0 Å². The second-order valence-corrected chi connectivity index (χ2v) is 4.36. The van der Waals surface area contributed by atoms with Crippen LogP contribution in [0.3, 0.4) is 0 Å². The van der Waals surface area contributed by atoms with E-state index in [1.54, 1.807) is 0 Å². The first-order chi connectivity index (χ1) is 8.43. The van der Waals surface area contributed by atoms with Gasteiger partial charge in [0.2, 0.25) is 0 Å². The van der Waals surface area contributed by atoms with E-state index in [2.05, 4.69) is 51.7 Å². The first-order valence-corrected chi connectivity index (χ1v) is 5.89. The Balaban J connectivity index is 2.10. The number of pyridine rings is 1. The molecule has 0 unspecified atom stereocenters. The molecule has 1 aliphatic heterocycles. The van der Waals surface area contributed by atoms with Crippen LogP contribution in [0, 0.1) is 0 Å². The van der Waals surface area contributed by atoms with Crippen LogP contribution in [0.15, 0.2) is 48.7 Å². The van der Waals surface area contributed by atoms with Gasteiger partial charge in [0, 0.05) is 6.42 Å². The van der Waals surface area contributed by atoms with Gasteiger partial charge in [0.25, 0.3) is 0 Å². The van der Waals surface area contributed by atoms with E-state index >= 15 is 0 Å². The number of benzene rings is 1. The van der Waals surface area contributed by atoms with Crippen LogP contribution in [0.1, 0.15) is 5.69 Å². The van der Waals surface area contributed by atoms with Gasteiger partial charge in [-0.25, -0.2) is 9.13 Å². The normalized spacial score (nSPS) is 13.4. The van der Waals surface area contributed by atoms with E-state index in [1.165, 1.54) is 11.2 Å². The highest BCUT2D eigenvalue weighted by atomic mass is 15.3. The number of hydrogen-bond donors (Lipinski definition) is 0. The van der Waals surface area contributed by atoms with E-state index in [4.69, 9.17) is 4.98 Å². The first kappa shape index (κ1) is 8.93. The van der Waals surface area contributed by atoms with Gasteiger partial charge in [0.1, 0.15) is 5.52 Å². The van der Waals surface area contributed by atoms with Crippen LogP contribution >= 0.6 is 0 Å². The Morgan fingerprint density at radius 3 is 2.94 bits per heavy atom. The average molecular weight is 222 g/mol. The lowest BCUT2D eigenvalue weighted by molar-refractivity contribution is -0.617. The van der Waals surface area contributed by atoms with Crippen molar-refractivity contribution in [3.63, 3.8) is 0 Å². The molecule has 0 saturated carbocycles. The van der Waals surface area contributed by atoms with Crippen molar-refractivity contribution in [2.45, 2.75) is 13.0 Å². The third-order valence-corrected chi connectivity index (χ3v) is 3.39. The quantitative estimate of drug-likeness (QED) is 0.532. The second-order valence-electron chi connectivity index (χ2n) is 4.36. The molecule has 2 aromatic heterocycles. The van der Waals surface area contributed by atoms with Crippen LogP contribution in [0.25, 0.3) is 17.0 Å². The van der Waals surface area contributed by atoms with Crippen molar-refractivity contribution in [3.05, 3.63) is 54.4 Å². The maximum absolute atomic E-state index is 4.72. The van der Waals surface area contributed by atoms with Crippen LogP contribution in [0.4, 0.5) is 0 Å². The predicted octanol–water partition coefficient (Wildman–Crippen LogP) is 1.87. The highest BCUT2D eigenvalue weighted by Crippen LogP contribution is 2.19. The van der Waals surface area contributed by atoms with E-state index in [0.717, 1.165) is 24.4 Å². The number of hydrogen-bond acceptors (Lipinski definition) is 1. The van der Waals surface area contributed by atoms with Gasteiger partial charge < -0.3 is 0 Å². The molecule has 3 nitrogen and oxygen atoms in total. The van der Waals surface area contributed by atoms with Gasteiger partial charge >= 0.3 is 5.95 Å². The molecule has 3 heteroatoms. The fraction of sp³-hybridized carbons (Fsp3) is 0.143. The topological polar surface area (TPSA) is 21.7 Å². The molecule has 0 saturated heterocycles. The molecule has 0 radical (unpaired) electrons. The summed E-state index contributed by atoms with van der Waals surface area (Å²) < 4.78 is 4.48. The molecule has 3 heterocycles. The molecule has 3 aromatic rings. The summed E-state index contributed by atoms with van der Waals surface area (Å²) in [5.41, 5.74) is 3.63. The Bertz CT molecular complexity index is 712. The van der Waals surface area contributed by atoms with Crippen molar-refractivity contribution in [3.8, 4) is 5.95 Å². The molecule has 4 rings (SSSR count). The maximum Gasteiger partial charge on any atom is 0.404 e. The van der Waals surface area contributed by atoms with E-state index < -0.39 is 0 Å². The molecule has 17 heavy (non-hydrogen) atoms. The summed E-state index contributed by atoms with van der Waals surface area (Å²) in [6, 6.07) is 14.6. The molecule has 0 N–H and O–H groups in total. The van der Waals surface area contributed by atoms with Gasteiger partial charge in [-0.2, -0.15) is 0 Å². The van der Waals surface area contributed by atoms with Gasteiger partial charge in [-0.15, -0.1) is 0 Å². The number of aryl methyl sites for hydroxylation is 2. The fourth-order valence-corrected chi connectivity index (χ4v) is 2.57. The monoisotopic (exact) mass is 222 g/mol. The molecule has 0 bridgehead atoms. The van der Waals surface area contributed by atoms with Crippen LogP contribution in [-0.4, -0.2) is 9.55 Å². The predicted molar refractivity (Wildman–Crippen MR) is 65.0 cm³/mol. The zero-order chi connectivity index (χ0) is 11.2. The molecular formula is C14H12N3+. The Hall–Kier alpha value is -2.16. The summed E-state index contributed by atoms with van der Waals surface area (Å²) in [4.78, 5) is 4.72. The summed E-state index contributed by atoms with van der Waals surface area (Å²) in [5.74, 6) is 1.04. The summed E-state index contributed by atoms with van der Waals surface area (Å²) in [5, 5.41) is 0. The molecule has 0 atom stereocenters. The number of aromatic nitrogens is 3. The number of rotatable bonds is 0. The van der Waals surface area contributed by atoms with E-state index in [9.17, 15) is 0 Å². The second kappa shape index (κ2) is 3.17. The lowest BCUT2D eigenvalue weighted by atomic mass is 10.2. The number of nitrogens with zero attached hydrogens (tertiary/aromatic N) is 3. The Kier molecular flexibility index (Phi) is 1.66. The SMILES string of the molecule is c1cc[n+]2c(c1)CCn1c-2nc2ccccc21. The van der Waals surface area contributed by atoms with Gasteiger partial charge in [0.15, 0.2) is 5.52 Å². The molecule has 82 valence electrons. The van der Waals surface area contributed by atoms with Gasteiger partial charge in [-0.05, 0) is 24.3 Å². The van der Waals surface area contributed by atoms with Crippen LogP contribution in [0.5, 0.6) is 0 Å². The fourth-order valence-electron chi connectivity index (χ4n) is 2.57. The number of imidazole rings is 1. The summed E-state index contributed by atoms with van der Waals surface area (Å²) in [6.07, 6.45) is 3.15. The molecule has 1 aromatic carbocycles. The smallest absolute Gasteiger partial charge is 0.224 e. The number of fused-ring (bicyclic) bond motifs is 5. The van der Waals surface area contributed by atoms with Gasteiger partial charge in [0.05, 0.1) is 18.4 Å². The molecule has 1 aliphatic rings. The summed E-state index contributed by atoms with van der Waals surface area (Å²) in [6.45, 7) is 1.01. The Morgan fingerprint density at radius 2 is 1.94 bits per heavy atom. The van der Waals surface area contributed by atoms with Crippen molar-refractivity contribution in [1.29, 1.82) is 0 Å². The Morgan fingerprint density at radius 1 is 1.06 bits per heavy atom. The highest BCUT2D eigenvalue weighted by molar-refractivity contribution is 5.76. The van der Waals surface area contributed by atoms with E-state index in [1.807, 2.05) is 6.07 Å². The minimum absolute atomic E-state index is 1.01. The standard InChI is InChI=1S/C14H12N3/c1-2-7-13-12(6-1)15-14-16-9-4-3-5-11(16)8-10-17(13)14/h1-7,9H,8,10H2/q+1. The summed E-state index contributed by atoms with van der Waals surface area (Å²) >= 11 is 0. The van der Waals surface area contributed by atoms with Crippen molar-refractivity contribution in [1.82, 2.24) is 9.55 Å². The highest BCUT2D eigenvalue weighted by Gasteiger charge is 2.26. The van der Waals surface area contributed by atoms with Crippen LogP contribution in [-0.2, 0) is 13.0 Å². The zero-order valence-corrected chi connectivity index (χ0v) is 9.37. The molecule has 0 spiro atoms. The minimum Gasteiger partial charge on any atom is -0.224 e. The van der Waals surface area contributed by atoms with Gasteiger partial charge in [-0.1, -0.05) is 23.2 Å². The lowest BCUT2D eigenvalue weighted by Crippen LogP contribution is -2.42. The maximum atomic E-state index is 4.72. The van der Waals surface area contributed by atoms with Crippen molar-refractivity contribution in [2.75, 3.05) is 0 Å². The molecule has 0 amide bonds. The zero-order valence-electron chi connectivity index (χ0n) is 9.37. The molecular weight excluding hydrogens is 210 g/mol. The lowest BCUT2D eigenvalue weighted by Gasteiger charge is -2.12. The van der Waals surface area contributed by atoms with Crippen molar-refractivity contribution < 1.29 is 4.57 Å². The van der Waals surface area contributed by atoms with E-state index in [-0.39, 0.29) is 0 Å². The first-order valence-electron chi connectivity index (χ1n) is 5.89. The third-order valence-electron chi connectivity index (χ3n) is 3.39. The molecule has 0 aliphatic carbocycles. The van der Waals surface area contributed by atoms with Crippen molar-refractivity contribution >= 4 is 11.0 Å². The molecule has 0 fully saturated rings. The average Bonchev–Trinajstić information content (AvgIpc) is 2.78. The van der Waals surface area contributed by atoms with Crippen LogP contribution < -0.4 is 4.57 Å². The van der Waals surface area contributed by atoms with E-state index in [0.29, 0.717) is 0 Å². The van der Waals surface area contributed by atoms with Crippen molar-refractivity contribution in [2.24, 2.45) is 0 Å².